The van der Waals surface area contributed by atoms with E-state index in [1.54, 1.807) is 43.3 Å². The smallest absolute Gasteiger partial charge is 0.265 e. The molecule has 0 bridgehead atoms. The first-order valence-corrected chi connectivity index (χ1v) is 7.66. The molecule has 0 radical (unpaired) electrons. The molecular formula is C18H18N2O5. The van der Waals surface area contributed by atoms with Gasteiger partial charge >= 0.3 is 0 Å². The summed E-state index contributed by atoms with van der Waals surface area (Å²) in [6.07, 6.45) is -0.547. The zero-order chi connectivity index (χ0) is 18.0. The molecule has 0 aromatic heterocycles. The van der Waals surface area contributed by atoms with Crippen molar-refractivity contribution in [3.63, 3.8) is 0 Å². The molecule has 7 nitrogen and oxygen atoms in total. The van der Waals surface area contributed by atoms with E-state index in [0.29, 0.717) is 34.2 Å². The zero-order valence-corrected chi connectivity index (χ0v) is 14.1. The molecule has 2 aromatic carbocycles. The summed E-state index contributed by atoms with van der Waals surface area (Å²) in [5, 5.41) is 5.52. The number of hydrogen-bond acceptors (Lipinski definition) is 5. The number of nitrogens with one attached hydrogen (secondary N) is 2. The highest BCUT2D eigenvalue weighted by molar-refractivity contribution is 6.07. The number of anilines is 2. The van der Waals surface area contributed by atoms with Gasteiger partial charge in [0.15, 0.2) is 6.10 Å². The maximum atomic E-state index is 12.6. The number of carbonyl (C=O) groups is 2. The molecule has 3 rings (SSSR count). The van der Waals surface area contributed by atoms with Crippen LogP contribution in [0.3, 0.4) is 0 Å². The molecule has 7 heteroatoms. The Morgan fingerprint density at radius 3 is 2.68 bits per heavy atom. The molecule has 130 valence electrons. The van der Waals surface area contributed by atoms with E-state index in [-0.39, 0.29) is 11.8 Å². The van der Waals surface area contributed by atoms with Crippen LogP contribution in [-0.2, 0) is 4.79 Å². The van der Waals surface area contributed by atoms with Gasteiger partial charge in [-0.3, -0.25) is 9.59 Å². The van der Waals surface area contributed by atoms with Gasteiger partial charge in [0.05, 0.1) is 25.5 Å². The molecule has 2 aromatic rings. The quantitative estimate of drug-likeness (QED) is 0.892. The van der Waals surface area contributed by atoms with Crippen molar-refractivity contribution >= 4 is 23.2 Å². The first-order chi connectivity index (χ1) is 12.0. The highest BCUT2D eigenvalue weighted by Gasteiger charge is 2.24. The third-order valence-electron chi connectivity index (χ3n) is 3.82. The Kier molecular flexibility index (Phi) is 4.47. The molecule has 0 saturated heterocycles. The number of hydrogen-bond donors (Lipinski definition) is 2. The number of carbonyl (C=O) groups excluding carboxylic acids is 2. The van der Waals surface area contributed by atoms with Crippen LogP contribution in [0, 0.1) is 0 Å². The van der Waals surface area contributed by atoms with Gasteiger partial charge in [-0.2, -0.15) is 0 Å². The Hall–Kier alpha value is -3.22. The number of methoxy groups -OCH3 is 2. The van der Waals surface area contributed by atoms with Crippen LogP contribution in [0.15, 0.2) is 36.4 Å². The van der Waals surface area contributed by atoms with Crippen molar-refractivity contribution in [3.8, 4) is 17.2 Å². The van der Waals surface area contributed by atoms with E-state index in [9.17, 15) is 9.59 Å². The second kappa shape index (κ2) is 6.72. The summed E-state index contributed by atoms with van der Waals surface area (Å²) in [6, 6.07) is 10.0. The molecule has 1 aliphatic rings. The van der Waals surface area contributed by atoms with E-state index in [0.717, 1.165) is 0 Å². The summed E-state index contributed by atoms with van der Waals surface area (Å²) in [7, 11) is 3.02. The van der Waals surface area contributed by atoms with Crippen molar-refractivity contribution < 1.29 is 23.8 Å². The predicted octanol–water partition coefficient (Wildman–Crippen LogP) is 2.68. The standard InChI is InChI=1S/C18H18N2O5/c1-10-17(21)20-14-8-11(4-6-16(14)25-10)19-18(22)13-9-12(23-2)5-7-15(13)24-3/h4-10H,1-3H3,(H,19,22)(H,20,21)/t10-/m0/s1. The molecule has 1 aliphatic heterocycles. The minimum absolute atomic E-state index is 0.231. The second-order valence-corrected chi connectivity index (χ2v) is 5.48. The van der Waals surface area contributed by atoms with E-state index < -0.39 is 6.10 Å². The minimum atomic E-state index is -0.547. The fraction of sp³-hybridized carbons (Fsp3) is 0.222. The Morgan fingerprint density at radius 1 is 1.16 bits per heavy atom. The van der Waals surface area contributed by atoms with Crippen LogP contribution in [0.1, 0.15) is 17.3 Å². The summed E-state index contributed by atoms with van der Waals surface area (Å²) in [4.78, 5) is 24.3. The van der Waals surface area contributed by atoms with Gasteiger partial charge in [0, 0.05) is 5.69 Å². The van der Waals surface area contributed by atoms with Crippen molar-refractivity contribution in [2.24, 2.45) is 0 Å². The summed E-state index contributed by atoms with van der Waals surface area (Å²) in [5.74, 6) is 0.953. The van der Waals surface area contributed by atoms with Crippen LogP contribution in [0.25, 0.3) is 0 Å². The fourth-order valence-corrected chi connectivity index (χ4v) is 2.48. The first kappa shape index (κ1) is 16.6. The lowest BCUT2D eigenvalue weighted by molar-refractivity contribution is -0.122. The molecule has 2 N–H and O–H groups in total. The predicted molar refractivity (Wildman–Crippen MR) is 92.7 cm³/mol. The topological polar surface area (TPSA) is 85.9 Å². The van der Waals surface area contributed by atoms with Crippen LogP contribution >= 0.6 is 0 Å². The number of benzene rings is 2. The van der Waals surface area contributed by atoms with Crippen LogP contribution in [0.4, 0.5) is 11.4 Å². The summed E-state index contributed by atoms with van der Waals surface area (Å²) in [6.45, 7) is 1.67. The SMILES string of the molecule is COc1ccc(OC)c(C(=O)Nc2ccc3c(c2)NC(=O)[C@H](C)O3)c1. The van der Waals surface area contributed by atoms with Gasteiger partial charge in [-0.05, 0) is 43.3 Å². The second-order valence-electron chi connectivity index (χ2n) is 5.48. The number of ether oxygens (including phenoxy) is 3. The van der Waals surface area contributed by atoms with Crippen LogP contribution < -0.4 is 24.8 Å². The van der Waals surface area contributed by atoms with Gasteiger partial charge < -0.3 is 24.8 Å². The van der Waals surface area contributed by atoms with Crippen molar-refractivity contribution in [2.45, 2.75) is 13.0 Å². The zero-order valence-electron chi connectivity index (χ0n) is 14.1. The van der Waals surface area contributed by atoms with Crippen molar-refractivity contribution in [1.29, 1.82) is 0 Å². The maximum absolute atomic E-state index is 12.6. The van der Waals surface area contributed by atoms with Gasteiger partial charge in [0.25, 0.3) is 11.8 Å². The Labute approximate surface area is 144 Å². The lowest BCUT2D eigenvalue weighted by Crippen LogP contribution is -2.34. The third-order valence-corrected chi connectivity index (χ3v) is 3.82. The van der Waals surface area contributed by atoms with Gasteiger partial charge in [-0.25, -0.2) is 0 Å². The van der Waals surface area contributed by atoms with Crippen molar-refractivity contribution in [3.05, 3.63) is 42.0 Å². The van der Waals surface area contributed by atoms with Gasteiger partial charge in [-0.1, -0.05) is 0 Å². The van der Waals surface area contributed by atoms with Gasteiger partial charge in [0.1, 0.15) is 17.2 Å². The molecule has 0 saturated carbocycles. The van der Waals surface area contributed by atoms with E-state index >= 15 is 0 Å². The van der Waals surface area contributed by atoms with E-state index in [1.807, 2.05) is 0 Å². The van der Waals surface area contributed by atoms with E-state index in [4.69, 9.17) is 14.2 Å². The maximum Gasteiger partial charge on any atom is 0.265 e. The number of rotatable bonds is 4. The number of fused-ring (bicyclic) bond motifs is 1. The Morgan fingerprint density at radius 2 is 1.96 bits per heavy atom. The highest BCUT2D eigenvalue weighted by atomic mass is 16.5. The number of amides is 2. The molecule has 0 unspecified atom stereocenters. The van der Waals surface area contributed by atoms with E-state index in [2.05, 4.69) is 10.6 Å². The van der Waals surface area contributed by atoms with Crippen LogP contribution in [0.5, 0.6) is 17.2 Å². The highest BCUT2D eigenvalue weighted by Crippen LogP contribution is 2.32. The lowest BCUT2D eigenvalue weighted by Gasteiger charge is -2.23. The van der Waals surface area contributed by atoms with E-state index in [1.165, 1.54) is 14.2 Å². The van der Waals surface area contributed by atoms with Crippen LogP contribution in [0.2, 0.25) is 0 Å². The lowest BCUT2D eigenvalue weighted by atomic mass is 10.1. The summed E-state index contributed by atoms with van der Waals surface area (Å²) in [5.41, 5.74) is 1.37. The molecular weight excluding hydrogens is 324 g/mol. The monoisotopic (exact) mass is 342 g/mol. The summed E-state index contributed by atoms with van der Waals surface area (Å²) >= 11 is 0. The molecule has 0 spiro atoms. The summed E-state index contributed by atoms with van der Waals surface area (Å²) < 4.78 is 15.9. The van der Waals surface area contributed by atoms with Gasteiger partial charge in [-0.15, -0.1) is 0 Å². The third kappa shape index (κ3) is 3.35. The molecule has 0 fully saturated rings. The average Bonchev–Trinajstić information content (AvgIpc) is 2.62. The average molecular weight is 342 g/mol. The molecule has 0 aliphatic carbocycles. The Bertz CT molecular complexity index is 834. The van der Waals surface area contributed by atoms with Crippen LogP contribution in [-0.4, -0.2) is 32.1 Å². The largest absolute Gasteiger partial charge is 0.497 e. The normalized spacial score (nSPS) is 15.5. The minimum Gasteiger partial charge on any atom is -0.497 e. The fourth-order valence-electron chi connectivity index (χ4n) is 2.48. The first-order valence-electron chi connectivity index (χ1n) is 7.66. The van der Waals surface area contributed by atoms with Gasteiger partial charge in [0.2, 0.25) is 0 Å². The molecule has 1 atom stereocenters. The molecule has 2 amide bonds. The van der Waals surface area contributed by atoms with Crippen molar-refractivity contribution in [1.82, 2.24) is 0 Å². The van der Waals surface area contributed by atoms with Crippen molar-refractivity contribution in [2.75, 3.05) is 24.9 Å². The molecule has 1 heterocycles. The Balaban J connectivity index is 1.85. The molecule has 25 heavy (non-hydrogen) atoms.